The van der Waals surface area contributed by atoms with E-state index in [-0.39, 0.29) is 0 Å². The fourth-order valence-electron chi connectivity index (χ4n) is 4.34. The third-order valence-corrected chi connectivity index (χ3v) is 6.30. The number of aromatic nitrogens is 3. The Kier molecular flexibility index (Phi) is 5.88. The average Bonchev–Trinajstić information content (AvgIpc) is 3.27. The van der Waals surface area contributed by atoms with Crippen molar-refractivity contribution in [3.63, 3.8) is 0 Å². The number of methoxy groups -OCH3 is 1. The van der Waals surface area contributed by atoms with Crippen LogP contribution in [0.5, 0.6) is 5.75 Å². The summed E-state index contributed by atoms with van der Waals surface area (Å²) in [5, 5.41) is 7.97. The molecule has 0 amide bonds. The van der Waals surface area contributed by atoms with Gasteiger partial charge in [0.2, 0.25) is 5.95 Å². The molecular formula is C26H30N6O. The van der Waals surface area contributed by atoms with Crippen LogP contribution < -0.4 is 15.0 Å². The minimum atomic E-state index is 0.578. The molecule has 1 saturated heterocycles. The first kappa shape index (κ1) is 21.3. The highest BCUT2D eigenvalue weighted by atomic mass is 16.5. The normalized spacial score (nSPS) is 14.7. The van der Waals surface area contributed by atoms with Gasteiger partial charge in [-0.05, 0) is 67.9 Å². The first-order chi connectivity index (χ1) is 16.1. The van der Waals surface area contributed by atoms with E-state index in [1.807, 2.05) is 41.0 Å². The van der Waals surface area contributed by atoms with Gasteiger partial charge >= 0.3 is 0 Å². The van der Waals surface area contributed by atoms with E-state index in [1.165, 1.54) is 5.69 Å². The summed E-state index contributed by atoms with van der Waals surface area (Å²) < 4.78 is 7.09. The van der Waals surface area contributed by atoms with E-state index in [4.69, 9.17) is 9.72 Å². The quantitative estimate of drug-likeness (QED) is 0.468. The van der Waals surface area contributed by atoms with Crippen LogP contribution in [0.2, 0.25) is 0 Å². The van der Waals surface area contributed by atoms with Crippen LogP contribution in [-0.4, -0.2) is 58.8 Å². The molecule has 1 fully saturated rings. The SMILES string of the molecule is COc1ccc(-c2cccn3nc(Nc4ccc(N5CCN(C(C)C)CC5)cc4)nc23)cc1. The number of hydrogen-bond donors (Lipinski definition) is 1. The molecule has 0 atom stereocenters. The Labute approximate surface area is 194 Å². The summed E-state index contributed by atoms with van der Waals surface area (Å²) in [6.07, 6.45) is 1.92. The lowest BCUT2D eigenvalue weighted by Crippen LogP contribution is -2.48. The van der Waals surface area contributed by atoms with E-state index in [0.29, 0.717) is 12.0 Å². The predicted molar refractivity (Wildman–Crippen MR) is 134 cm³/mol. The van der Waals surface area contributed by atoms with Crippen molar-refractivity contribution in [2.75, 3.05) is 43.5 Å². The monoisotopic (exact) mass is 442 g/mol. The summed E-state index contributed by atoms with van der Waals surface area (Å²) in [5.41, 5.74) is 5.14. The molecule has 170 valence electrons. The lowest BCUT2D eigenvalue weighted by molar-refractivity contribution is 0.209. The minimum Gasteiger partial charge on any atom is -0.497 e. The van der Waals surface area contributed by atoms with Crippen LogP contribution in [0.15, 0.2) is 66.9 Å². The molecule has 4 aromatic rings. The van der Waals surface area contributed by atoms with Crippen molar-refractivity contribution in [1.82, 2.24) is 19.5 Å². The first-order valence-electron chi connectivity index (χ1n) is 11.5. The van der Waals surface area contributed by atoms with Gasteiger partial charge in [-0.15, -0.1) is 5.10 Å². The fourth-order valence-corrected chi connectivity index (χ4v) is 4.34. The number of pyridine rings is 1. The first-order valence-corrected chi connectivity index (χ1v) is 11.5. The second kappa shape index (κ2) is 9.11. The minimum absolute atomic E-state index is 0.578. The number of ether oxygens (including phenoxy) is 1. The highest BCUT2D eigenvalue weighted by molar-refractivity contribution is 5.78. The summed E-state index contributed by atoms with van der Waals surface area (Å²) in [6, 6.07) is 21.2. The van der Waals surface area contributed by atoms with Gasteiger partial charge in [0.1, 0.15) is 5.75 Å². The molecule has 2 aromatic carbocycles. The van der Waals surface area contributed by atoms with Crippen LogP contribution in [-0.2, 0) is 0 Å². The molecule has 33 heavy (non-hydrogen) atoms. The smallest absolute Gasteiger partial charge is 0.247 e. The van der Waals surface area contributed by atoms with Crippen LogP contribution in [0.1, 0.15) is 13.8 Å². The van der Waals surface area contributed by atoms with E-state index in [1.54, 1.807) is 7.11 Å². The van der Waals surface area contributed by atoms with Crippen LogP contribution in [0.3, 0.4) is 0 Å². The molecule has 0 radical (unpaired) electrons. The van der Waals surface area contributed by atoms with E-state index in [0.717, 1.165) is 54.4 Å². The summed E-state index contributed by atoms with van der Waals surface area (Å²) in [5.74, 6) is 1.41. The molecule has 1 aliphatic heterocycles. The molecule has 7 nitrogen and oxygen atoms in total. The van der Waals surface area contributed by atoms with Crippen LogP contribution in [0.4, 0.5) is 17.3 Å². The lowest BCUT2D eigenvalue weighted by atomic mass is 10.1. The number of rotatable bonds is 6. The molecule has 0 bridgehead atoms. The van der Waals surface area contributed by atoms with Crippen molar-refractivity contribution < 1.29 is 4.74 Å². The second-order valence-electron chi connectivity index (χ2n) is 8.64. The molecule has 0 unspecified atom stereocenters. The topological polar surface area (TPSA) is 57.9 Å². The van der Waals surface area contributed by atoms with Gasteiger partial charge in [-0.2, -0.15) is 4.98 Å². The molecular weight excluding hydrogens is 412 g/mol. The van der Waals surface area contributed by atoms with Gasteiger partial charge < -0.3 is 15.0 Å². The molecule has 0 aliphatic carbocycles. The molecule has 5 rings (SSSR count). The zero-order valence-electron chi connectivity index (χ0n) is 19.4. The zero-order valence-corrected chi connectivity index (χ0v) is 19.4. The Bertz CT molecular complexity index is 1210. The highest BCUT2D eigenvalue weighted by Gasteiger charge is 2.19. The van der Waals surface area contributed by atoms with Crippen molar-refractivity contribution in [2.45, 2.75) is 19.9 Å². The van der Waals surface area contributed by atoms with Gasteiger partial charge in [-0.3, -0.25) is 4.90 Å². The van der Waals surface area contributed by atoms with Gasteiger partial charge in [0.15, 0.2) is 5.65 Å². The number of nitrogens with zero attached hydrogens (tertiary/aromatic N) is 5. The van der Waals surface area contributed by atoms with Gasteiger partial charge in [0, 0.05) is 55.4 Å². The lowest BCUT2D eigenvalue weighted by Gasteiger charge is -2.38. The number of fused-ring (bicyclic) bond motifs is 1. The van der Waals surface area contributed by atoms with Gasteiger partial charge in [0.25, 0.3) is 0 Å². The molecule has 0 saturated carbocycles. The molecule has 1 N–H and O–H groups in total. The Hall–Kier alpha value is -3.58. The molecule has 1 aliphatic rings. The number of anilines is 3. The summed E-state index contributed by atoms with van der Waals surface area (Å²) in [6.45, 7) is 8.88. The van der Waals surface area contributed by atoms with Crippen molar-refractivity contribution in [1.29, 1.82) is 0 Å². The number of hydrogen-bond acceptors (Lipinski definition) is 6. The zero-order chi connectivity index (χ0) is 22.8. The Morgan fingerprint density at radius 2 is 1.64 bits per heavy atom. The summed E-state index contributed by atoms with van der Waals surface area (Å²) in [7, 11) is 1.67. The van der Waals surface area contributed by atoms with E-state index in [2.05, 4.69) is 64.4 Å². The predicted octanol–water partition coefficient (Wildman–Crippen LogP) is 4.68. The number of nitrogens with one attached hydrogen (secondary N) is 1. The fraction of sp³-hybridized carbons (Fsp3) is 0.308. The molecule has 2 aromatic heterocycles. The Balaban J connectivity index is 1.31. The van der Waals surface area contributed by atoms with Crippen molar-refractivity contribution >= 4 is 23.0 Å². The molecule has 3 heterocycles. The van der Waals surface area contributed by atoms with Gasteiger partial charge in [0.05, 0.1) is 7.11 Å². The van der Waals surface area contributed by atoms with Crippen molar-refractivity contribution in [3.05, 3.63) is 66.9 Å². The van der Waals surface area contributed by atoms with E-state index < -0.39 is 0 Å². The Morgan fingerprint density at radius 3 is 2.30 bits per heavy atom. The largest absolute Gasteiger partial charge is 0.497 e. The maximum absolute atomic E-state index is 5.28. The van der Waals surface area contributed by atoms with E-state index >= 15 is 0 Å². The Morgan fingerprint density at radius 1 is 0.909 bits per heavy atom. The maximum atomic E-state index is 5.28. The highest BCUT2D eigenvalue weighted by Crippen LogP contribution is 2.27. The molecule has 0 spiro atoms. The third kappa shape index (κ3) is 4.50. The standard InChI is InChI=1S/C26H30N6O/c1-19(2)30-15-17-31(18-16-30)22-10-8-21(9-11-22)27-26-28-25-24(5-4-14-32(25)29-26)20-6-12-23(33-3)13-7-20/h4-14,19H,15-18H2,1-3H3,(H,27,29). The number of piperazine rings is 1. The van der Waals surface area contributed by atoms with Crippen LogP contribution >= 0.6 is 0 Å². The van der Waals surface area contributed by atoms with Crippen LogP contribution in [0, 0.1) is 0 Å². The van der Waals surface area contributed by atoms with Gasteiger partial charge in [-0.25, -0.2) is 4.52 Å². The summed E-state index contributed by atoms with van der Waals surface area (Å²) in [4.78, 5) is 9.74. The van der Waals surface area contributed by atoms with Gasteiger partial charge in [-0.1, -0.05) is 12.1 Å². The van der Waals surface area contributed by atoms with Crippen molar-refractivity contribution in [3.8, 4) is 16.9 Å². The third-order valence-electron chi connectivity index (χ3n) is 6.30. The average molecular weight is 443 g/mol. The number of benzene rings is 2. The second-order valence-corrected chi connectivity index (χ2v) is 8.64. The van der Waals surface area contributed by atoms with Crippen molar-refractivity contribution in [2.24, 2.45) is 0 Å². The maximum Gasteiger partial charge on any atom is 0.247 e. The van der Waals surface area contributed by atoms with Crippen LogP contribution in [0.25, 0.3) is 16.8 Å². The van der Waals surface area contributed by atoms with E-state index in [9.17, 15) is 0 Å². The summed E-state index contributed by atoms with van der Waals surface area (Å²) >= 11 is 0. The molecule has 7 heteroatoms.